The van der Waals surface area contributed by atoms with E-state index in [0.717, 1.165) is 0 Å². The van der Waals surface area contributed by atoms with Gasteiger partial charge < -0.3 is 15.3 Å². The molecule has 1 aliphatic carbocycles. The number of nitrogens with one attached hydrogen (secondary N) is 1. The molecule has 1 saturated carbocycles. The summed E-state index contributed by atoms with van der Waals surface area (Å²) in [5.41, 5.74) is -0.704. The monoisotopic (exact) mass is 298 g/mol. The number of rotatable bonds is 5. The first-order valence-corrected chi connectivity index (χ1v) is 7.61. The lowest BCUT2D eigenvalue weighted by Crippen LogP contribution is -2.49. The molecule has 0 bridgehead atoms. The molecule has 0 aromatic rings. The first-order valence-electron chi connectivity index (χ1n) is 7.61. The summed E-state index contributed by atoms with van der Waals surface area (Å²) in [7, 11) is 0. The van der Waals surface area contributed by atoms with Crippen LogP contribution in [0.5, 0.6) is 0 Å². The standard InChI is InChI=1S/C16H30N2O3/c1-14(2,3)10-18(11-15(4,5)6)13(21)17-9-16(7-8-16)12(19)20/h7-11H2,1-6H3,(H,17,21)(H,19,20). The Morgan fingerprint density at radius 3 is 1.76 bits per heavy atom. The predicted molar refractivity (Wildman–Crippen MR) is 83.2 cm³/mol. The summed E-state index contributed by atoms with van der Waals surface area (Å²) in [6, 6.07) is -0.160. The normalized spacial score (nSPS) is 17.2. The Kier molecular flexibility index (Phi) is 4.96. The van der Waals surface area contributed by atoms with Crippen molar-refractivity contribution in [1.29, 1.82) is 0 Å². The molecule has 2 N–H and O–H groups in total. The zero-order valence-electron chi connectivity index (χ0n) is 14.2. The van der Waals surface area contributed by atoms with Crippen LogP contribution in [0.1, 0.15) is 54.4 Å². The van der Waals surface area contributed by atoms with Crippen molar-refractivity contribution in [2.45, 2.75) is 54.4 Å². The van der Waals surface area contributed by atoms with Crippen molar-refractivity contribution in [3.8, 4) is 0 Å². The quantitative estimate of drug-likeness (QED) is 0.820. The van der Waals surface area contributed by atoms with Crippen molar-refractivity contribution < 1.29 is 14.7 Å². The first-order chi connectivity index (χ1) is 9.35. The third-order valence-corrected chi connectivity index (χ3v) is 3.50. The minimum absolute atomic E-state index is 0.00660. The lowest BCUT2D eigenvalue weighted by Gasteiger charge is -2.35. The van der Waals surface area contributed by atoms with E-state index in [-0.39, 0.29) is 23.4 Å². The zero-order valence-corrected chi connectivity index (χ0v) is 14.2. The molecule has 0 heterocycles. The van der Waals surface area contributed by atoms with E-state index in [4.69, 9.17) is 5.11 Å². The molecule has 122 valence electrons. The van der Waals surface area contributed by atoms with Gasteiger partial charge in [0.25, 0.3) is 0 Å². The van der Waals surface area contributed by atoms with E-state index in [9.17, 15) is 9.59 Å². The average Bonchev–Trinajstić information content (AvgIpc) is 3.01. The minimum Gasteiger partial charge on any atom is -0.481 e. The predicted octanol–water partition coefficient (Wildman–Crippen LogP) is 2.96. The van der Waals surface area contributed by atoms with Crippen LogP contribution >= 0.6 is 0 Å². The third-order valence-electron chi connectivity index (χ3n) is 3.50. The van der Waals surface area contributed by atoms with Crippen molar-refractivity contribution >= 4 is 12.0 Å². The molecule has 0 aromatic carbocycles. The van der Waals surface area contributed by atoms with Crippen molar-refractivity contribution in [1.82, 2.24) is 10.2 Å². The fourth-order valence-corrected chi connectivity index (χ4v) is 2.32. The Morgan fingerprint density at radius 1 is 1.05 bits per heavy atom. The van der Waals surface area contributed by atoms with Crippen LogP contribution < -0.4 is 5.32 Å². The Balaban J connectivity index is 2.65. The molecule has 0 atom stereocenters. The molecular weight excluding hydrogens is 268 g/mol. The second kappa shape index (κ2) is 5.85. The van der Waals surface area contributed by atoms with E-state index in [2.05, 4.69) is 46.9 Å². The summed E-state index contributed by atoms with van der Waals surface area (Å²) < 4.78 is 0. The van der Waals surface area contributed by atoms with E-state index < -0.39 is 11.4 Å². The van der Waals surface area contributed by atoms with Gasteiger partial charge in [0.1, 0.15) is 0 Å². The number of carbonyl (C=O) groups is 2. The molecule has 0 aromatic heterocycles. The summed E-state index contributed by atoms with van der Waals surface area (Å²) in [5.74, 6) is -0.805. The SMILES string of the molecule is CC(C)(C)CN(CC(C)(C)C)C(=O)NCC1(C(=O)O)CC1. The van der Waals surface area contributed by atoms with E-state index in [1.165, 1.54) is 0 Å². The number of carboxylic acid groups (broad SMARTS) is 1. The molecule has 0 saturated heterocycles. The van der Waals surface area contributed by atoms with Crippen molar-refractivity contribution in [2.75, 3.05) is 19.6 Å². The molecule has 0 unspecified atom stereocenters. The largest absolute Gasteiger partial charge is 0.481 e. The second-order valence-electron chi connectivity index (χ2n) is 8.72. The Morgan fingerprint density at radius 2 is 1.48 bits per heavy atom. The summed E-state index contributed by atoms with van der Waals surface area (Å²) in [6.45, 7) is 14.1. The molecule has 0 aliphatic heterocycles. The van der Waals surface area contributed by atoms with E-state index in [0.29, 0.717) is 25.9 Å². The maximum absolute atomic E-state index is 12.4. The van der Waals surface area contributed by atoms with E-state index in [1.54, 1.807) is 4.90 Å². The molecule has 1 fully saturated rings. The molecule has 5 heteroatoms. The van der Waals surface area contributed by atoms with Crippen LogP contribution in [0.25, 0.3) is 0 Å². The molecule has 0 spiro atoms. The number of carboxylic acids is 1. The second-order valence-corrected chi connectivity index (χ2v) is 8.72. The number of hydrogen-bond donors (Lipinski definition) is 2. The average molecular weight is 298 g/mol. The molecule has 1 aliphatic rings. The van der Waals surface area contributed by atoms with Crippen LogP contribution in [0.4, 0.5) is 4.79 Å². The highest BCUT2D eigenvalue weighted by molar-refractivity contribution is 5.80. The maximum atomic E-state index is 12.4. The van der Waals surface area contributed by atoms with Crippen LogP contribution in [0.15, 0.2) is 0 Å². The molecule has 21 heavy (non-hydrogen) atoms. The number of aliphatic carboxylic acids is 1. The zero-order chi connectivity index (χ0) is 16.5. The van der Waals surface area contributed by atoms with Crippen LogP contribution in [-0.2, 0) is 4.79 Å². The van der Waals surface area contributed by atoms with Crippen LogP contribution in [0.2, 0.25) is 0 Å². The smallest absolute Gasteiger partial charge is 0.317 e. The Hall–Kier alpha value is -1.26. The highest BCUT2D eigenvalue weighted by atomic mass is 16.4. The van der Waals surface area contributed by atoms with Gasteiger partial charge in [-0.15, -0.1) is 0 Å². The molecule has 5 nitrogen and oxygen atoms in total. The van der Waals surface area contributed by atoms with Gasteiger partial charge in [-0.3, -0.25) is 4.79 Å². The van der Waals surface area contributed by atoms with Crippen molar-refractivity contribution in [2.24, 2.45) is 16.2 Å². The summed E-state index contributed by atoms with van der Waals surface area (Å²) in [5, 5.41) is 12.0. The summed E-state index contributed by atoms with van der Waals surface area (Å²) in [6.07, 6.45) is 1.31. The Labute approximate surface area is 128 Å². The highest BCUT2D eigenvalue weighted by Gasteiger charge is 2.50. The minimum atomic E-state index is -0.805. The van der Waals surface area contributed by atoms with Gasteiger partial charge in [0.2, 0.25) is 0 Å². The van der Waals surface area contributed by atoms with Gasteiger partial charge in [-0.2, -0.15) is 0 Å². The van der Waals surface area contributed by atoms with Crippen molar-refractivity contribution in [3.05, 3.63) is 0 Å². The Bertz CT molecular complexity index is 385. The number of hydrogen-bond acceptors (Lipinski definition) is 2. The number of urea groups is 1. The van der Waals surface area contributed by atoms with Gasteiger partial charge in [0.05, 0.1) is 5.41 Å². The fraction of sp³-hybridized carbons (Fsp3) is 0.875. The number of nitrogens with zero attached hydrogens (tertiary/aromatic N) is 1. The van der Waals surface area contributed by atoms with E-state index in [1.807, 2.05) is 0 Å². The van der Waals surface area contributed by atoms with Gasteiger partial charge in [-0.25, -0.2) is 4.79 Å². The summed E-state index contributed by atoms with van der Waals surface area (Å²) in [4.78, 5) is 25.4. The lowest BCUT2D eigenvalue weighted by molar-refractivity contribution is -0.143. The molecule has 1 rings (SSSR count). The lowest BCUT2D eigenvalue weighted by atomic mass is 9.92. The highest BCUT2D eigenvalue weighted by Crippen LogP contribution is 2.45. The van der Waals surface area contributed by atoms with Gasteiger partial charge in [0, 0.05) is 19.6 Å². The number of amides is 2. The molecule has 2 amide bonds. The van der Waals surface area contributed by atoms with Crippen molar-refractivity contribution in [3.63, 3.8) is 0 Å². The summed E-state index contributed by atoms with van der Waals surface area (Å²) >= 11 is 0. The van der Waals surface area contributed by atoms with Gasteiger partial charge in [-0.1, -0.05) is 41.5 Å². The third kappa shape index (κ3) is 5.94. The van der Waals surface area contributed by atoms with Crippen LogP contribution in [0, 0.1) is 16.2 Å². The van der Waals surface area contributed by atoms with Gasteiger partial charge >= 0.3 is 12.0 Å². The van der Waals surface area contributed by atoms with E-state index >= 15 is 0 Å². The van der Waals surface area contributed by atoms with Gasteiger partial charge in [0.15, 0.2) is 0 Å². The van der Waals surface area contributed by atoms with Gasteiger partial charge in [-0.05, 0) is 23.7 Å². The number of carbonyl (C=O) groups excluding carboxylic acids is 1. The van der Waals surface area contributed by atoms with Crippen LogP contribution in [0.3, 0.4) is 0 Å². The maximum Gasteiger partial charge on any atom is 0.317 e. The fourth-order valence-electron chi connectivity index (χ4n) is 2.32. The van der Waals surface area contributed by atoms with Crippen LogP contribution in [-0.4, -0.2) is 41.6 Å². The molecule has 0 radical (unpaired) electrons. The topological polar surface area (TPSA) is 69.6 Å². The first kappa shape index (κ1) is 17.8. The molecular formula is C16H30N2O3.